The third-order valence-corrected chi connectivity index (χ3v) is 7.45. The van der Waals surface area contributed by atoms with Gasteiger partial charge in [-0.25, -0.2) is 0 Å². The highest BCUT2D eigenvalue weighted by molar-refractivity contribution is 5.99. The Morgan fingerprint density at radius 1 is 0.838 bits per heavy atom. The summed E-state index contributed by atoms with van der Waals surface area (Å²) in [6.45, 7) is 2.15. The molecule has 2 aliphatic rings. The van der Waals surface area contributed by atoms with Crippen molar-refractivity contribution >= 4 is 5.91 Å². The maximum atomic E-state index is 13.4. The van der Waals surface area contributed by atoms with Crippen LogP contribution in [0.1, 0.15) is 58.9 Å². The van der Waals surface area contributed by atoms with Gasteiger partial charge in [-0.3, -0.25) is 9.69 Å². The van der Waals surface area contributed by atoms with Crippen LogP contribution in [0.2, 0.25) is 0 Å². The summed E-state index contributed by atoms with van der Waals surface area (Å²) in [6.07, 6.45) is 0.787. The average molecular weight is 509 g/mol. The Hall–Kier alpha value is -3.32. The van der Waals surface area contributed by atoms with Crippen molar-refractivity contribution in [1.82, 2.24) is 9.80 Å². The molecule has 37 heavy (non-hydrogen) atoms. The summed E-state index contributed by atoms with van der Waals surface area (Å²) in [5.74, 6) is 0.376. The number of alkyl halides is 3. The zero-order chi connectivity index (χ0) is 25.8. The predicted octanol–water partition coefficient (Wildman–Crippen LogP) is 6.97. The third-order valence-electron chi connectivity index (χ3n) is 7.45. The number of rotatable bonds is 8. The fraction of sp³-hybridized carbons (Fsp3) is 0.367. The summed E-state index contributed by atoms with van der Waals surface area (Å²) < 4.78 is 41.6. The van der Waals surface area contributed by atoms with Gasteiger partial charge >= 0.3 is 6.36 Å². The first-order valence-corrected chi connectivity index (χ1v) is 12.9. The molecule has 4 nitrogen and oxygen atoms in total. The highest BCUT2D eigenvalue weighted by atomic mass is 19.4. The number of likely N-dealkylation sites (tertiary alicyclic amines) is 1. The van der Waals surface area contributed by atoms with E-state index < -0.39 is 6.36 Å². The van der Waals surface area contributed by atoms with Crippen molar-refractivity contribution in [3.05, 3.63) is 101 Å². The van der Waals surface area contributed by atoms with E-state index >= 15 is 0 Å². The molecule has 7 heteroatoms. The van der Waals surface area contributed by atoms with Crippen LogP contribution in [0.3, 0.4) is 0 Å². The standard InChI is InChI=1S/C30H31F3N2O2/c31-30(32,33)37-25-15-13-24(14-16-25)21-35-28(26-11-4-5-12-27(26)29(35)36)34-19-17-23(18-20-34)10-6-9-22-7-2-1-3-8-22/h1-5,7-8,11-16,23,28H,6,9-10,17-21H2. The minimum absolute atomic E-state index is 0.0406. The van der Waals surface area contributed by atoms with Crippen LogP contribution in [-0.2, 0) is 13.0 Å². The van der Waals surface area contributed by atoms with Crippen LogP contribution in [0.15, 0.2) is 78.9 Å². The Morgan fingerprint density at radius 2 is 1.51 bits per heavy atom. The van der Waals surface area contributed by atoms with E-state index in [9.17, 15) is 18.0 Å². The Kier molecular flexibility index (Phi) is 7.51. The van der Waals surface area contributed by atoms with Crippen molar-refractivity contribution in [2.24, 2.45) is 5.92 Å². The number of carbonyl (C=O) groups excluding carboxylic acids is 1. The first kappa shape index (κ1) is 25.3. The minimum atomic E-state index is -4.73. The molecule has 0 saturated carbocycles. The number of benzene rings is 3. The fourth-order valence-corrected chi connectivity index (χ4v) is 5.62. The number of aryl methyl sites for hydroxylation is 1. The smallest absolute Gasteiger partial charge is 0.406 e. The SMILES string of the molecule is O=C1c2ccccc2C(N2CCC(CCCc3ccccc3)CC2)N1Cc1ccc(OC(F)(F)F)cc1. The van der Waals surface area contributed by atoms with Gasteiger partial charge in [-0.15, -0.1) is 13.2 Å². The van der Waals surface area contributed by atoms with E-state index in [-0.39, 0.29) is 17.8 Å². The molecule has 3 aromatic carbocycles. The van der Waals surface area contributed by atoms with Crippen LogP contribution in [0.25, 0.3) is 0 Å². The summed E-state index contributed by atoms with van der Waals surface area (Å²) in [6, 6.07) is 24.1. The Bertz CT molecular complexity index is 1190. The van der Waals surface area contributed by atoms with Crippen LogP contribution in [-0.4, -0.2) is 35.2 Å². The largest absolute Gasteiger partial charge is 0.573 e. The maximum Gasteiger partial charge on any atom is 0.573 e. The molecule has 0 N–H and O–H groups in total. The third kappa shape index (κ3) is 6.16. The van der Waals surface area contributed by atoms with Crippen LogP contribution in [0.5, 0.6) is 5.75 Å². The van der Waals surface area contributed by atoms with E-state index in [0.29, 0.717) is 18.0 Å². The Balaban J connectivity index is 1.23. The molecule has 1 atom stereocenters. The van der Waals surface area contributed by atoms with E-state index in [4.69, 9.17) is 0 Å². The molecule has 0 radical (unpaired) electrons. The summed E-state index contributed by atoms with van der Waals surface area (Å²) in [7, 11) is 0. The summed E-state index contributed by atoms with van der Waals surface area (Å²) in [5.41, 5.74) is 3.85. The lowest BCUT2D eigenvalue weighted by molar-refractivity contribution is -0.274. The molecule has 2 heterocycles. The van der Waals surface area contributed by atoms with Gasteiger partial charge in [0.2, 0.25) is 0 Å². The molecule has 1 saturated heterocycles. The van der Waals surface area contributed by atoms with Gasteiger partial charge < -0.3 is 9.64 Å². The van der Waals surface area contributed by atoms with Crippen LogP contribution in [0.4, 0.5) is 13.2 Å². The van der Waals surface area contributed by atoms with Crippen molar-refractivity contribution in [2.45, 2.75) is 51.2 Å². The molecular formula is C30H31F3N2O2. The van der Waals surface area contributed by atoms with E-state index in [1.54, 1.807) is 12.1 Å². The van der Waals surface area contributed by atoms with Gasteiger partial charge in [-0.1, -0.05) is 67.1 Å². The summed E-state index contributed by atoms with van der Waals surface area (Å²) in [5, 5.41) is 0. The molecule has 1 unspecified atom stereocenters. The second-order valence-electron chi connectivity index (χ2n) is 9.94. The lowest BCUT2D eigenvalue weighted by Gasteiger charge is -2.40. The van der Waals surface area contributed by atoms with Gasteiger partial charge in [-0.2, -0.15) is 0 Å². The number of carbonyl (C=O) groups is 1. The van der Waals surface area contributed by atoms with Gasteiger partial charge in [0.25, 0.3) is 5.91 Å². The number of hydrogen-bond donors (Lipinski definition) is 0. The number of hydrogen-bond acceptors (Lipinski definition) is 3. The van der Waals surface area contributed by atoms with Gasteiger partial charge in [0.05, 0.1) is 0 Å². The molecule has 0 aliphatic carbocycles. The molecule has 3 aromatic rings. The number of fused-ring (bicyclic) bond motifs is 1. The maximum absolute atomic E-state index is 13.4. The van der Waals surface area contributed by atoms with Crippen molar-refractivity contribution < 1.29 is 22.7 Å². The zero-order valence-electron chi connectivity index (χ0n) is 20.7. The Morgan fingerprint density at radius 3 is 2.22 bits per heavy atom. The highest BCUT2D eigenvalue weighted by Gasteiger charge is 2.41. The molecule has 0 aromatic heterocycles. The molecule has 0 bridgehead atoms. The second-order valence-corrected chi connectivity index (χ2v) is 9.94. The number of halogens is 3. The first-order chi connectivity index (χ1) is 17.9. The summed E-state index contributed by atoms with van der Waals surface area (Å²) >= 11 is 0. The van der Waals surface area contributed by atoms with Crippen molar-refractivity contribution in [1.29, 1.82) is 0 Å². The van der Waals surface area contributed by atoms with Crippen LogP contribution >= 0.6 is 0 Å². The van der Waals surface area contributed by atoms with Crippen molar-refractivity contribution in [3.8, 4) is 5.75 Å². The average Bonchev–Trinajstić information content (AvgIpc) is 3.17. The molecule has 1 amide bonds. The number of piperidine rings is 1. The van der Waals surface area contributed by atoms with E-state index in [1.807, 2.05) is 35.2 Å². The van der Waals surface area contributed by atoms with Crippen molar-refractivity contribution in [2.75, 3.05) is 13.1 Å². The van der Waals surface area contributed by atoms with Crippen LogP contribution < -0.4 is 4.74 Å². The second kappa shape index (κ2) is 11.0. The van der Waals surface area contributed by atoms with Crippen LogP contribution in [0, 0.1) is 5.92 Å². The van der Waals surface area contributed by atoms with E-state index in [1.165, 1.54) is 30.5 Å². The molecular weight excluding hydrogens is 477 g/mol. The van der Waals surface area contributed by atoms with Gasteiger partial charge in [0, 0.05) is 30.8 Å². The lowest BCUT2D eigenvalue weighted by atomic mass is 9.90. The monoisotopic (exact) mass is 508 g/mol. The first-order valence-electron chi connectivity index (χ1n) is 12.9. The molecule has 194 valence electrons. The molecule has 0 spiro atoms. The normalized spacial score (nSPS) is 18.7. The number of ether oxygens (including phenoxy) is 1. The van der Waals surface area contributed by atoms with Crippen molar-refractivity contribution in [3.63, 3.8) is 0 Å². The summed E-state index contributed by atoms with van der Waals surface area (Å²) in [4.78, 5) is 17.6. The molecule has 2 aliphatic heterocycles. The zero-order valence-corrected chi connectivity index (χ0v) is 20.7. The van der Waals surface area contributed by atoms with E-state index in [2.05, 4.69) is 33.9 Å². The fourth-order valence-electron chi connectivity index (χ4n) is 5.62. The van der Waals surface area contributed by atoms with Gasteiger partial charge in [-0.05, 0) is 60.9 Å². The molecule has 1 fully saturated rings. The lowest BCUT2D eigenvalue weighted by Crippen LogP contribution is -2.43. The number of amides is 1. The minimum Gasteiger partial charge on any atom is -0.406 e. The quantitative estimate of drug-likeness (QED) is 0.329. The van der Waals surface area contributed by atoms with E-state index in [0.717, 1.165) is 43.5 Å². The number of nitrogens with zero attached hydrogens (tertiary/aromatic N) is 2. The topological polar surface area (TPSA) is 32.8 Å². The van der Waals surface area contributed by atoms with Gasteiger partial charge in [0.1, 0.15) is 11.9 Å². The predicted molar refractivity (Wildman–Crippen MR) is 136 cm³/mol. The van der Waals surface area contributed by atoms with Gasteiger partial charge in [0.15, 0.2) is 0 Å². The highest BCUT2D eigenvalue weighted by Crippen LogP contribution is 2.39. The Labute approximate surface area is 215 Å². The molecule has 5 rings (SSSR count).